The summed E-state index contributed by atoms with van der Waals surface area (Å²) in [7, 11) is 1.18. The number of nitrogens with one attached hydrogen (secondary N) is 1. The number of nitrogens with zero attached hydrogens (tertiary/aromatic N) is 1. The summed E-state index contributed by atoms with van der Waals surface area (Å²) >= 11 is 0. The number of carbonyl (C=O) groups is 1. The molecule has 0 saturated carbocycles. The van der Waals surface area contributed by atoms with E-state index in [9.17, 15) is 4.79 Å². The molecule has 0 atom stereocenters. The van der Waals surface area contributed by atoms with Crippen LogP contribution in [-0.4, -0.2) is 30.2 Å². The van der Waals surface area contributed by atoms with Gasteiger partial charge in [-0.05, 0) is 20.8 Å². The van der Waals surface area contributed by atoms with Gasteiger partial charge in [0.25, 0.3) is 0 Å². The predicted octanol–water partition coefficient (Wildman–Crippen LogP) is 0.266. The maximum atomic E-state index is 11.0. The van der Waals surface area contributed by atoms with Gasteiger partial charge in [0.1, 0.15) is 5.60 Å². The Labute approximate surface area is 82.6 Å². The number of carbonyl (C=O) groups excluding carboxylic acids is 1. The molecule has 6 heteroatoms. The molecule has 0 radical (unpaired) electrons. The molecule has 3 N–H and O–H groups in total. The zero-order chi connectivity index (χ0) is 11.4. The average Bonchev–Trinajstić information content (AvgIpc) is 2.01. The highest BCUT2D eigenvalue weighted by Gasteiger charge is 2.18. The maximum absolute atomic E-state index is 11.0. The molecule has 0 aromatic rings. The third-order valence-corrected chi connectivity index (χ3v) is 1.04. The van der Waals surface area contributed by atoms with Crippen LogP contribution in [-0.2, 0) is 14.4 Å². The molecule has 0 amide bonds. The van der Waals surface area contributed by atoms with E-state index in [1.165, 1.54) is 7.11 Å². The second-order valence-corrected chi connectivity index (χ2v) is 3.55. The summed E-state index contributed by atoms with van der Waals surface area (Å²) in [6, 6.07) is 0. The molecule has 0 rings (SSSR count). The summed E-state index contributed by atoms with van der Waals surface area (Å²) in [6.07, 6.45) is 0. The van der Waals surface area contributed by atoms with Gasteiger partial charge in [0.05, 0.1) is 7.11 Å². The molecule has 14 heavy (non-hydrogen) atoms. The summed E-state index contributed by atoms with van der Waals surface area (Å²) < 4.78 is 4.37. The van der Waals surface area contributed by atoms with Gasteiger partial charge >= 0.3 is 5.97 Å². The van der Waals surface area contributed by atoms with Gasteiger partial charge in [-0.3, -0.25) is 5.41 Å². The van der Waals surface area contributed by atoms with Gasteiger partial charge in [-0.1, -0.05) is 5.16 Å². The second-order valence-electron chi connectivity index (χ2n) is 3.55. The number of methoxy groups -OCH3 is 1. The van der Waals surface area contributed by atoms with Crippen LogP contribution in [0.15, 0.2) is 5.16 Å². The molecule has 0 spiro atoms. The Hall–Kier alpha value is -1.59. The lowest BCUT2D eigenvalue weighted by Gasteiger charge is -2.15. The van der Waals surface area contributed by atoms with Gasteiger partial charge < -0.3 is 15.3 Å². The van der Waals surface area contributed by atoms with E-state index >= 15 is 0 Å². The molecule has 0 saturated heterocycles. The third-order valence-electron chi connectivity index (χ3n) is 1.04. The summed E-state index contributed by atoms with van der Waals surface area (Å²) in [5, 5.41) is 10.5. The molecule has 0 aromatic heterocycles. The topological polar surface area (TPSA) is 97.8 Å². The minimum atomic E-state index is -0.790. The fraction of sp³-hybridized carbons (Fsp3) is 0.625. The van der Waals surface area contributed by atoms with Crippen LogP contribution in [0.25, 0.3) is 0 Å². The number of nitrogens with two attached hydrogens (primary N) is 1. The fourth-order valence-electron chi connectivity index (χ4n) is 0.476. The first kappa shape index (κ1) is 12.4. The molecule has 0 aliphatic rings. The van der Waals surface area contributed by atoms with Crippen molar-refractivity contribution in [2.75, 3.05) is 7.11 Å². The fourth-order valence-corrected chi connectivity index (χ4v) is 0.476. The van der Waals surface area contributed by atoms with Crippen molar-refractivity contribution in [3.8, 4) is 0 Å². The quantitative estimate of drug-likeness (QED) is 0.296. The number of ether oxygens (including phenoxy) is 1. The molecular weight excluding hydrogens is 186 g/mol. The lowest BCUT2D eigenvalue weighted by Crippen LogP contribution is -2.32. The Balaban J connectivity index is 4.67. The van der Waals surface area contributed by atoms with E-state index < -0.39 is 17.4 Å². The normalized spacial score (nSPS) is 12.1. The maximum Gasteiger partial charge on any atom is 0.364 e. The van der Waals surface area contributed by atoms with Crippen molar-refractivity contribution in [2.45, 2.75) is 26.4 Å². The molecule has 0 aliphatic heterocycles. The van der Waals surface area contributed by atoms with Gasteiger partial charge in [-0.25, -0.2) is 4.79 Å². The van der Waals surface area contributed by atoms with Crippen LogP contribution in [0.5, 0.6) is 0 Å². The highest BCUT2D eigenvalue weighted by molar-refractivity contribution is 6.64. The van der Waals surface area contributed by atoms with E-state index in [1.807, 2.05) is 0 Å². The molecule has 0 aliphatic carbocycles. The minimum Gasteiger partial charge on any atom is -0.464 e. The standard InChI is InChI=1S/C8H15N3O3/c1-8(2,3)14-11-5(6(9)10)7(12)13-4/h1-4H3,(H3,9,10)/b11-5+. The first-order chi connectivity index (χ1) is 6.28. The number of amidine groups is 1. The molecule has 0 unspecified atom stereocenters. The third kappa shape index (κ3) is 4.44. The van der Waals surface area contributed by atoms with Crippen LogP contribution in [0.1, 0.15) is 20.8 Å². The average molecular weight is 201 g/mol. The zero-order valence-corrected chi connectivity index (χ0v) is 8.75. The van der Waals surface area contributed by atoms with Crippen molar-refractivity contribution in [1.82, 2.24) is 0 Å². The van der Waals surface area contributed by atoms with Gasteiger partial charge in [-0.2, -0.15) is 0 Å². The molecule has 0 aromatic carbocycles. The lowest BCUT2D eigenvalue weighted by molar-refractivity contribution is -0.132. The van der Waals surface area contributed by atoms with E-state index in [4.69, 9.17) is 16.0 Å². The minimum absolute atomic E-state index is 0.331. The second kappa shape index (κ2) is 4.59. The molecule has 6 nitrogen and oxygen atoms in total. The summed E-state index contributed by atoms with van der Waals surface area (Å²) in [4.78, 5) is 16.0. The van der Waals surface area contributed by atoms with E-state index in [-0.39, 0.29) is 5.71 Å². The van der Waals surface area contributed by atoms with Gasteiger partial charge in [-0.15, -0.1) is 0 Å². The number of esters is 1. The van der Waals surface area contributed by atoms with Crippen molar-refractivity contribution >= 4 is 17.5 Å². The van der Waals surface area contributed by atoms with Crippen molar-refractivity contribution < 1.29 is 14.4 Å². The van der Waals surface area contributed by atoms with Crippen molar-refractivity contribution in [3.05, 3.63) is 0 Å². The summed E-state index contributed by atoms with van der Waals surface area (Å²) in [5.74, 6) is -1.28. The lowest BCUT2D eigenvalue weighted by atomic mass is 10.2. The highest BCUT2D eigenvalue weighted by Crippen LogP contribution is 2.07. The molecule has 0 bridgehead atoms. The van der Waals surface area contributed by atoms with Crippen LogP contribution >= 0.6 is 0 Å². The summed E-state index contributed by atoms with van der Waals surface area (Å²) in [6.45, 7) is 5.27. The SMILES string of the molecule is COC(=O)/C(=N/OC(C)(C)C)C(=N)N. The Bertz CT molecular complexity index is 265. The van der Waals surface area contributed by atoms with E-state index in [0.29, 0.717) is 0 Å². The molecule has 80 valence electrons. The molecule has 0 fully saturated rings. The summed E-state index contributed by atoms with van der Waals surface area (Å²) in [5.41, 5.74) is 4.24. The van der Waals surface area contributed by atoms with Gasteiger partial charge in [0.2, 0.25) is 5.71 Å². The van der Waals surface area contributed by atoms with Crippen LogP contribution in [0.4, 0.5) is 0 Å². The van der Waals surface area contributed by atoms with Crippen molar-refractivity contribution in [3.63, 3.8) is 0 Å². The Morgan fingerprint density at radius 2 is 1.93 bits per heavy atom. The molecular formula is C8H15N3O3. The number of oxime groups is 1. The monoisotopic (exact) mass is 201 g/mol. The van der Waals surface area contributed by atoms with Crippen LogP contribution in [0, 0.1) is 5.41 Å². The number of hydrogen-bond donors (Lipinski definition) is 2. The van der Waals surface area contributed by atoms with E-state index in [0.717, 1.165) is 0 Å². The highest BCUT2D eigenvalue weighted by atomic mass is 16.6. The largest absolute Gasteiger partial charge is 0.464 e. The first-order valence-electron chi connectivity index (χ1n) is 3.97. The Kier molecular flexibility index (Phi) is 4.07. The Morgan fingerprint density at radius 3 is 2.21 bits per heavy atom. The smallest absolute Gasteiger partial charge is 0.364 e. The first-order valence-corrected chi connectivity index (χ1v) is 3.97. The number of hydrogen-bond acceptors (Lipinski definition) is 5. The van der Waals surface area contributed by atoms with Crippen LogP contribution in [0.2, 0.25) is 0 Å². The van der Waals surface area contributed by atoms with Crippen molar-refractivity contribution in [2.24, 2.45) is 10.9 Å². The van der Waals surface area contributed by atoms with Crippen LogP contribution < -0.4 is 5.73 Å². The Morgan fingerprint density at radius 1 is 1.43 bits per heavy atom. The van der Waals surface area contributed by atoms with Gasteiger partial charge in [0, 0.05) is 0 Å². The van der Waals surface area contributed by atoms with Gasteiger partial charge in [0.15, 0.2) is 5.84 Å². The van der Waals surface area contributed by atoms with E-state index in [2.05, 4.69) is 9.89 Å². The number of rotatable bonds is 3. The van der Waals surface area contributed by atoms with E-state index in [1.54, 1.807) is 20.8 Å². The van der Waals surface area contributed by atoms with Crippen molar-refractivity contribution in [1.29, 1.82) is 5.41 Å². The predicted molar refractivity (Wildman–Crippen MR) is 52.2 cm³/mol. The van der Waals surface area contributed by atoms with Crippen LogP contribution in [0.3, 0.4) is 0 Å². The molecule has 0 heterocycles. The zero-order valence-electron chi connectivity index (χ0n) is 8.75.